The van der Waals surface area contributed by atoms with Crippen molar-refractivity contribution in [2.24, 2.45) is 0 Å². The van der Waals surface area contributed by atoms with Gasteiger partial charge in [0.15, 0.2) is 23.0 Å². The Morgan fingerprint density at radius 1 is 0.810 bits per heavy atom. The molecular weight excluding hydrogens is 532 g/mol. The molecule has 0 bridgehead atoms. The predicted octanol–water partition coefficient (Wildman–Crippen LogP) is 5.89. The van der Waals surface area contributed by atoms with Gasteiger partial charge in [0, 0.05) is 49.1 Å². The monoisotopic (exact) mass is 560 g/mol. The Labute approximate surface area is 242 Å². The molecule has 3 heterocycles. The van der Waals surface area contributed by atoms with E-state index in [9.17, 15) is 4.79 Å². The summed E-state index contributed by atoms with van der Waals surface area (Å²) in [6.45, 7) is 4.17. The molecule has 1 N–H and O–H groups in total. The quantitative estimate of drug-likeness (QED) is 0.277. The topological polar surface area (TPSA) is 89.3 Å². The summed E-state index contributed by atoms with van der Waals surface area (Å²) in [6, 6.07) is 23.4. The van der Waals surface area contributed by atoms with Crippen molar-refractivity contribution in [3.05, 3.63) is 83.9 Å². The Kier molecular flexibility index (Phi) is 5.70. The minimum absolute atomic E-state index is 0.0566. The van der Waals surface area contributed by atoms with Gasteiger partial charge in [-0.3, -0.25) is 4.79 Å². The van der Waals surface area contributed by atoms with Crippen LogP contribution in [0.25, 0.3) is 22.2 Å². The normalized spacial score (nSPS) is 15.5. The van der Waals surface area contributed by atoms with Gasteiger partial charge in [0.2, 0.25) is 0 Å². The van der Waals surface area contributed by atoms with Crippen LogP contribution in [-0.4, -0.2) is 57.4 Å². The highest BCUT2D eigenvalue weighted by Crippen LogP contribution is 2.47. The summed E-state index contributed by atoms with van der Waals surface area (Å²) in [6.07, 6.45) is 0. The minimum Gasteiger partial charge on any atom is -0.495 e. The van der Waals surface area contributed by atoms with Crippen LogP contribution in [0, 0.1) is 0 Å². The molecule has 5 aromatic rings. The lowest BCUT2D eigenvalue weighted by molar-refractivity contribution is 0.104. The first-order chi connectivity index (χ1) is 20.7. The molecule has 0 atom stereocenters. The average Bonchev–Trinajstić information content (AvgIpc) is 3.49. The summed E-state index contributed by atoms with van der Waals surface area (Å²) in [5.41, 5.74) is 6.13. The highest BCUT2D eigenvalue weighted by atomic mass is 16.6. The van der Waals surface area contributed by atoms with Crippen LogP contribution >= 0.6 is 0 Å². The number of hydrogen-bond donors (Lipinski definition) is 1. The fourth-order valence-electron chi connectivity index (χ4n) is 6.24. The second-order valence-corrected chi connectivity index (χ2v) is 10.6. The number of carbonyl (C=O) groups is 1. The van der Waals surface area contributed by atoms with Gasteiger partial charge in [-0.25, -0.2) is 0 Å². The number of methoxy groups -OCH3 is 1. The van der Waals surface area contributed by atoms with Crippen LogP contribution in [0.3, 0.4) is 0 Å². The fourth-order valence-corrected chi connectivity index (χ4v) is 6.24. The molecule has 9 nitrogen and oxygen atoms in total. The number of anilines is 4. The van der Waals surface area contributed by atoms with E-state index in [-0.39, 0.29) is 5.78 Å². The summed E-state index contributed by atoms with van der Waals surface area (Å²) in [4.78, 5) is 18.7. The standard InChI is InChI=1S/C33H28N4O5/c1-39-26-9-5-4-8-24(26)36-12-14-37(15-13-36)25-19-23(34-20-10-11-27-28(18-20)41-17-16-40-27)29-30-31(25)35-42-33(30)22-7-3-2-6-21(22)32(29)38/h2-11,18-19,34H,12-17H2,1H3. The number of piperazine rings is 1. The molecule has 1 aromatic heterocycles. The van der Waals surface area contributed by atoms with Gasteiger partial charge >= 0.3 is 0 Å². The maximum atomic E-state index is 14.0. The zero-order chi connectivity index (χ0) is 28.2. The second-order valence-electron chi connectivity index (χ2n) is 10.6. The van der Waals surface area contributed by atoms with E-state index in [4.69, 9.17) is 18.7 Å². The Bertz CT molecular complexity index is 1860. The predicted molar refractivity (Wildman–Crippen MR) is 161 cm³/mol. The fraction of sp³-hybridized carbons (Fsp3) is 0.212. The molecule has 0 spiro atoms. The Hall–Kier alpha value is -5.18. The van der Waals surface area contributed by atoms with Crippen LogP contribution in [0.1, 0.15) is 15.9 Å². The number of ether oxygens (including phenoxy) is 3. The maximum Gasteiger partial charge on any atom is 0.196 e. The van der Waals surface area contributed by atoms with Crippen molar-refractivity contribution < 1.29 is 23.5 Å². The van der Waals surface area contributed by atoms with Gasteiger partial charge in [-0.2, -0.15) is 0 Å². The molecular formula is C33H28N4O5. The van der Waals surface area contributed by atoms with Crippen molar-refractivity contribution in [2.75, 3.05) is 61.6 Å². The van der Waals surface area contributed by atoms with Gasteiger partial charge in [0.1, 0.15) is 24.5 Å². The first kappa shape index (κ1) is 24.6. The van der Waals surface area contributed by atoms with Crippen molar-refractivity contribution in [1.29, 1.82) is 0 Å². The molecule has 4 aromatic carbocycles. The summed E-state index contributed by atoms with van der Waals surface area (Å²) >= 11 is 0. The number of benzene rings is 4. The molecule has 8 rings (SSSR count). The van der Waals surface area contributed by atoms with Gasteiger partial charge in [-0.15, -0.1) is 0 Å². The molecule has 0 saturated carbocycles. The van der Waals surface area contributed by atoms with Crippen molar-refractivity contribution in [3.63, 3.8) is 0 Å². The molecule has 1 aliphatic carbocycles. The average molecular weight is 561 g/mol. The highest BCUT2D eigenvalue weighted by molar-refractivity contribution is 6.28. The molecule has 9 heteroatoms. The van der Waals surface area contributed by atoms with Crippen LogP contribution in [0.5, 0.6) is 17.2 Å². The number of fused-ring (bicyclic) bond motifs is 3. The molecule has 1 saturated heterocycles. The Morgan fingerprint density at radius 2 is 1.52 bits per heavy atom. The molecule has 0 radical (unpaired) electrons. The maximum absolute atomic E-state index is 14.0. The lowest BCUT2D eigenvalue weighted by Crippen LogP contribution is -2.46. The first-order valence-corrected chi connectivity index (χ1v) is 14.1. The van der Waals surface area contributed by atoms with Gasteiger partial charge in [0.25, 0.3) is 0 Å². The van der Waals surface area contributed by atoms with E-state index in [1.807, 2.05) is 66.7 Å². The second kappa shape index (κ2) is 9.73. The van der Waals surface area contributed by atoms with E-state index in [2.05, 4.69) is 26.3 Å². The van der Waals surface area contributed by atoms with Crippen molar-refractivity contribution in [2.45, 2.75) is 0 Å². The molecule has 1 fully saturated rings. The molecule has 210 valence electrons. The van der Waals surface area contributed by atoms with Crippen LogP contribution in [0.4, 0.5) is 22.7 Å². The van der Waals surface area contributed by atoms with E-state index in [0.717, 1.165) is 59.9 Å². The Balaban J connectivity index is 1.21. The number of ketones is 1. The number of rotatable bonds is 5. The third-order valence-electron chi connectivity index (χ3n) is 8.25. The van der Waals surface area contributed by atoms with Gasteiger partial charge in [-0.1, -0.05) is 41.6 Å². The number of carbonyl (C=O) groups excluding carboxylic acids is 1. The number of para-hydroxylation sites is 2. The summed E-state index contributed by atoms with van der Waals surface area (Å²) < 4.78 is 23.1. The van der Waals surface area contributed by atoms with E-state index >= 15 is 0 Å². The number of nitrogens with zero attached hydrogens (tertiary/aromatic N) is 3. The Morgan fingerprint density at radius 3 is 2.33 bits per heavy atom. The van der Waals surface area contributed by atoms with Gasteiger partial charge in [-0.05, 0) is 30.3 Å². The van der Waals surface area contributed by atoms with Crippen molar-refractivity contribution in [3.8, 4) is 28.6 Å². The lowest BCUT2D eigenvalue weighted by atomic mass is 9.86. The van der Waals surface area contributed by atoms with E-state index in [0.29, 0.717) is 52.8 Å². The summed E-state index contributed by atoms with van der Waals surface area (Å²) in [5.74, 6) is 2.82. The molecule has 42 heavy (non-hydrogen) atoms. The number of aromatic nitrogens is 1. The zero-order valence-corrected chi connectivity index (χ0v) is 23.1. The number of nitrogens with one attached hydrogen (secondary N) is 1. The summed E-state index contributed by atoms with van der Waals surface area (Å²) in [5, 5.41) is 8.81. The van der Waals surface area contributed by atoms with Crippen LogP contribution < -0.4 is 29.3 Å². The molecule has 0 amide bonds. The molecule has 0 unspecified atom stereocenters. The lowest BCUT2D eigenvalue weighted by Gasteiger charge is -2.38. The van der Waals surface area contributed by atoms with Crippen LogP contribution in [0.15, 0.2) is 77.3 Å². The highest BCUT2D eigenvalue weighted by Gasteiger charge is 2.34. The summed E-state index contributed by atoms with van der Waals surface area (Å²) in [7, 11) is 1.70. The first-order valence-electron chi connectivity index (χ1n) is 14.1. The molecule has 2 aliphatic heterocycles. The van der Waals surface area contributed by atoms with Gasteiger partial charge < -0.3 is 33.9 Å². The van der Waals surface area contributed by atoms with Crippen LogP contribution in [0.2, 0.25) is 0 Å². The number of hydrogen-bond acceptors (Lipinski definition) is 9. The SMILES string of the molecule is COc1ccccc1N1CCN(c2cc(Nc3ccc4c(c3)OCCO4)c3c4c(onc24)-c2ccccc2C3=O)CC1. The zero-order valence-electron chi connectivity index (χ0n) is 23.1. The van der Waals surface area contributed by atoms with Crippen molar-refractivity contribution in [1.82, 2.24) is 5.16 Å². The van der Waals surface area contributed by atoms with Crippen molar-refractivity contribution >= 4 is 39.4 Å². The van der Waals surface area contributed by atoms with E-state index in [1.165, 1.54) is 0 Å². The third-order valence-corrected chi connectivity index (χ3v) is 8.25. The minimum atomic E-state index is -0.0566. The van der Waals surface area contributed by atoms with Crippen LogP contribution in [-0.2, 0) is 0 Å². The van der Waals surface area contributed by atoms with E-state index < -0.39 is 0 Å². The third kappa shape index (κ3) is 3.84. The van der Waals surface area contributed by atoms with Gasteiger partial charge in [0.05, 0.1) is 35.1 Å². The smallest absolute Gasteiger partial charge is 0.196 e. The molecule has 3 aliphatic rings. The van der Waals surface area contributed by atoms with E-state index in [1.54, 1.807) is 7.11 Å². The largest absolute Gasteiger partial charge is 0.495 e.